The van der Waals surface area contributed by atoms with Gasteiger partial charge in [-0.3, -0.25) is 4.79 Å². The van der Waals surface area contributed by atoms with E-state index in [4.69, 9.17) is 0 Å². The Morgan fingerprint density at radius 2 is 1.29 bits per heavy atom. The predicted octanol–water partition coefficient (Wildman–Crippen LogP) is 5.85. The van der Waals surface area contributed by atoms with Gasteiger partial charge in [-0.1, -0.05) is 85.6 Å². The minimum absolute atomic E-state index is 0.0417. The van der Waals surface area contributed by atoms with Gasteiger partial charge in [0.2, 0.25) is 10.0 Å². The van der Waals surface area contributed by atoms with Gasteiger partial charge >= 0.3 is 0 Å². The minimum Gasteiger partial charge on any atom is -0.307 e. The molecule has 0 unspecified atom stereocenters. The summed E-state index contributed by atoms with van der Waals surface area (Å²) in [5.74, 6) is 0. The van der Waals surface area contributed by atoms with Gasteiger partial charge in [0, 0.05) is 29.2 Å². The number of aromatic nitrogens is 1. The monoisotopic (exact) mass is 484 g/mol. The summed E-state index contributed by atoms with van der Waals surface area (Å²) in [6.45, 7) is 1.03. The van der Waals surface area contributed by atoms with Crippen molar-refractivity contribution in [2.75, 3.05) is 6.54 Å². The van der Waals surface area contributed by atoms with E-state index in [1.807, 2.05) is 41.0 Å². The number of hydrogen-bond acceptors (Lipinski definition) is 3. The molecule has 1 aromatic heterocycles. The SMILES string of the molecule is O=c1c2ccccc2c2ccc3ccccc3c2n1CCCCCCNS(=O)(=O)c1ccccc1. The van der Waals surface area contributed by atoms with Crippen molar-refractivity contribution < 1.29 is 8.42 Å². The number of nitrogens with zero attached hydrogens (tertiary/aromatic N) is 1. The first-order valence-corrected chi connectivity index (χ1v) is 13.5. The molecule has 0 radical (unpaired) electrons. The molecule has 6 heteroatoms. The smallest absolute Gasteiger partial charge is 0.258 e. The van der Waals surface area contributed by atoms with Crippen LogP contribution in [0.5, 0.6) is 0 Å². The van der Waals surface area contributed by atoms with Crippen molar-refractivity contribution in [3.63, 3.8) is 0 Å². The molecule has 4 aromatic carbocycles. The Labute approximate surface area is 205 Å². The Bertz CT molecular complexity index is 1660. The molecular formula is C29H28N2O3S. The summed E-state index contributed by atoms with van der Waals surface area (Å²) >= 11 is 0. The lowest BCUT2D eigenvalue weighted by molar-refractivity contribution is 0.557. The van der Waals surface area contributed by atoms with Gasteiger partial charge in [-0.25, -0.2) is 13.1 Å². The summed E-state index contributed by atoms with van der Waals surface area (Å²) < 4.78 is 29.3. The summed E-state index contributed by atoms with van der Waals surface area (Å²) in [6.07, 6.45) is 3.40. The molecule has 0 amide bonds. The van der Waals surface area contributed by atoms with Gasteiger partial charge in [0.15, 0.2) is 0 Å². The van der Waals surface area contributed by atoms with Crippen molar-refractivity contribution >= 4 is 42.5 Å². The highest BCUT2D eigenvalue weighted by molar-refractivity contribution is 7.89. The molecule has 5 aromatic rings. The van der Waals surface area contributed by atoms with Crippen LogP contribution >= 0.6 is 0 Å². The van der Waals surface area contributed by atoms with Gasteiger partial charge in [-0.15, -0.1) is 0 Å². The van der Waals surface area contributed by atoms with Crippen molar-refractivity contribution in [3.05, 3.63) is 101 Å². The largest absolute Gasteiger partial charge is 0.307 e. The molecule has 0 spiro atoms. The number of aryl methyl sites for hydroxylation is 1. The highest BCUT2D eigenvalue weighted by Gasteiger charge is 2.14. The highest BCUT2D eigenvalue weighted by Crippen LogP contribution is 2.29. The zero-order valence-corrected chi connectivity index (χ0v) is 20.3. The van der Waals surface area contributed by atoms with E-state index in [-0.39, 0.29) is 10.5 Å². The molecule has 0 saturated heterocycles. The second-order valence-electron chi connectivity index (χ2n) is 8.81. The van der Waals surface area contributed by atoms with Gasteiger partial charge in [-0.05, 0) is 41.8 Å². The molecule has 0 aliphatic heterocycles. The fourth-order valence-corrected chi connectivity index (χ4v) is 5.86. The molecule has 1 heterocycles. The number of benzene rings is 4. The molecule has 178 valence electrons. The van der Waals surface area contributed by atoms with E-state index in [0.717, 1.165) is 58.1 Å². The second-order valence-corrected chi connectivity index (χ2v) is 10.6. The van der Waals surface area contributed by atoms with E-state index < -0.39 is 10.0 Å². The van der Waals surface area contributed by atoms with Crippen LogP contribution in [0.15, 0.2) is 101 Å². The maximum atomic E-state index is 13.5. The third kappa shape index (κ3) is 4.72. The van der Waals surface area contributed by atoms with Crippen LogP contribution < -0.4 is 10.3 Å². The predicted molar refractivity (Wildman–Crippen MR) is 143 cm³/mol. The van der Waals surface area contributed by atoms with Gasteiger partial charge < -0.3 is 4.57 Å². The summed E-state index contributed by atoms with van der Waals surface area (Å²) in [5.41, 5.74) is 1.03. The van der Waals surface area contributed by atoms with Crippen LogP contribution in [0.3, 0.4) is 0 Å². The molecule has 0 aliphatic rings. The number of hydrogen-bond donors (Lipinski definition) is 1. The lowest BCUT2D eigenvalue weighted by atomic mass is 10.0. The van der Waals surface area contributed by atoms with E-state index in [9.17, 15) is 13.2 Å². The topological polar surface area (TPSA) is 68.2 Å². The maximum Gasteiger partial charge on any atom is 0.258 e. The van der Waals surface area contributed by atoms with E-state index in [2.05, 4.69) is 29.0 Å². The molecule has 0 fully saturated rings. The Kier molecular flexibility index (Phi) is 6.66. The standard InChI is InChI=1S/C29H28N2O3S/c32-29-27-17-9-8-16-25(27)26-19-18-22-12-6-7-15-24(22)28(26)31(29)21-11-2-1-10-20-30-35(33,34)23-13-4-3-5-14-23/h3-9,12-19,30H,1-2,10-11,20-21H2. The molecule has 5 rings (SSSR count). The first-order chi connectivity index (χ1) is 17.1. The number of pyridine rings is 1. The van der Waals surface area contributed by atoms with Crippen LogP contribution in [0, 0.1) is 0 Å². The summed E-state index contributed by atoms with van der Waals surface area (Å²) in [4.78, 5) is 13.8. The molecule has 0 bridgehead atoms. The summed E-state index contributed by atoms with van der Waals surface area (Å²) in [6, 6.07) is 28.7. The van der Waals surface area contributed by atoms with E-state index in [1.54, 1.807) is 30.3 Å². The molecule has 5 nitrogen and oxygen atoms in total. The van der Waals surface area contributed by atoms with Crippen LogP contribution in [0.2, 0.25) is 0 Å². The molecule has 0 saturated carbocycles. The Morgan fingerprint density at radius 3 is 2.09 bits per heavy atom. The number of fused-ring (bicyclic) bond motifs is 5. The number of sulfonamides is 1. The van der Waals surface area contributed by atoms with Gasteiger partial charge in [0.25, 0.3) is 5.56 Å². The van der Waals surface area contributed by atoms with Crippen molar-refractivity contribution in [3.8, 4) is 0 Å². The number of unbranched alkanes of at least 4 members (excludes halogenated alkanes) is 3. The highest BCUT2D eigenvalue weighted by atomic mass is 32.2. The zero-order chi connectivity index (χ0) is 24.3. The van der Waals surface area contributed by atoms with Crippen LogP contribution in [0.4, 0.5) is 0 Å². The Morgan fingerprint density at radius 1 is 0.629 bits per heavy atom. The minimum atomic E-state index is -3.46. The van der Waals surface area contributed by atoms with Crippen molar-refractivity contribution in [2.45, 2.75) is 37.1 Å². The Hall–Kier alpha value is -3.48. The second kappa shape index (κ2) is 10.0. The van der Waals surface area contributed by atoms with Crippen LogP contribution in [-0.2, 0) is 16.6 Å². The normalized spacial score (nSPS) is 12.0. The first kappa shape index (κ1) is 23.3. The Balaban J connectivity index is 1.30. The lowest BCUT2D eigenvalue weighted by Crippen LogP contribution is -2.24. The summed E-state index contributed by atoms with van der Waals surface area (Å²) in [7, 11) is -3.46. The number of rotatable bonds is 9. The van der Waals surface area contributed by atoms with Crippen LogP contribution in [0.25, 0.3) is 32.4 Å². The van der Waals surface area contributed by atoms with Crippen molar-refractivity contribution in [1.29, 1.82) is 0 Å². The van der Waals surface area contributed by atoms with Crippen LogP contribution in [0.1, 0.15) is 25.7 Å². The fraction of sp³-hybridized carbons (Fsp3) is 0.207. The quantitative estimate of drug-likeness (QED) is 0.211. The molecule has 0 atom stereocenters. The molecular weight excluding hydrogens is 456 g/mol. The van der Waals surface area contributed by atoms with E-state index in [0.29, 0.717) is 13.1 Å². The maximum absolute atomic E-state index is 13.5. The van der Waals surface area contributed by atoms with Gasteiger partial charge in [0.1, 0.15) is 0 Å². The van der Waals surface area contributed by atoms with Gasteiger partial charge in [0.05, 0.1) is 10.4 Å². The summed E-state index contributed by atoms with van der Waals surface area (Å²) in [5, 5.41) is 5.03. The average molecular weight is 485 g/mol. The van der Waals surface area contributed by atoms with Crippen LogP contribution in [-0.4, -0.2) is 19.5 Å². The third-order valence-corrected chi connectivity index (χ3v) is 7.99. The first-order valence-electron chi connectivity index (χ1n) is 12.0. The fourth-order valence-electron chi connectivity index (χ4n) is 4.77. The lowest BCUT2D eigenvalue weighted by Gasteiger charge is -2.15. The zero-order valence-electron chi connectivity index (χ0n) is 19.5. The molecule has 0 aliphatic carbocycles. The number of nitrogens with one attached hydrogen (secondary N) is 1. The van der Waals surface area contributed by atoms with Crippen molar-refractivity contribution in [1.82, 2.24) is 9.29 Å². The van der Waals surface area contributed by atoms with Gasteiger partial charge in [-0.2, -0.15) is 0 Å². The third-order valence-electron chi connectivity index (χ3n) is 6.52. The van der Waals surface area contributed by atoms with E-state index in [1.165, 1.54) is 0 Å². The van der Waals surface area contributed by atoms with E-state index >= 15 is 0 Å². The average Bonchev–Trinajstić information content (AvgIpc) is 2.90. The van der Waals surface area contributed by atoms with Crippen molar-refractivity contribution in [2.24, 2.45) is 0 Å². The molecule has 35 heavy (non-hydrogen) atoms. The molecule has 1 N–H and O–H groups in total.